The highest BCUT2D eigenvalue weighted by atomic mass is 32.2. The molecule has 6 nitrogen and oxygen atoms in total. The molecule has 7 heteroatoms. The van der Waals surface area contributed by atoms with Crippen molar-refractivity contribution in [2.75, 3.05) is 6.61 Å². The fourth-order valence-corrected chi connectivity index (χ4v) is 4.13. The number of para-hydroxylation sites is 1. The quantitative estimate of drug-likeness (QED) is 0.561. The fourth-order valence-electron chi connectivity index (χ4n) is 3.23. The van der Waals surface area contributed by atoms with E-state index in [1.54, 1.807) is 13.0 Å². The molecule has 3 rings (SSSR count). The number of thioether (sulfide) groups is 1. The third kappa shape index (κ3) is 3.62. The predicted octanol–water partition coefficient (Wildman–Crippen LogP) is 4.08. The average molecular weight is 398 g/mol. The summed E-state index contributed by atoms with van der Waals surface area (Å²) in [6.07, 6.45) is 1.71. The first-order chi connectivity index (χ1) is 13.3. The molecule has 1 aliphatic heterocycles. The monoisotopic (exact) mass is 398 g/mol. The maximum atomic E-state index is 12.7. The third-order valence-electron chi connectivity index (χ3n) is 4.61. The Morgan fingerprint density at radius 1 is 1.21 bits per heavy atom. The van der Waals surface area contributed by atoms with Crippen LogP contribution in [0.1, 0.15) is 30.8 Å². The number of benzene rings is 1. The zero-order chi connectivity index (χ0) is 20.4. The van der Waals surface area contributed by atoms with E-state index < -0.39 is 23.2 Å². The summed E-state index contributed by atoms with van der Waals surface area (Å²) in [7, 11) is 0. The van der Waals surface area contributed by atoms with E-state index in [-0.39, 0.29) is 6.61 Å². The number of aryl methyl sites for hydroxylation is 1. The molecule has 146 valence electrons. The number of aromatic nitrogens is 1. The number of ether oxygens (including phenoxy) is 1. The summed E-state index contributed by atoms with van der Waals surface area (Å²) < 4.78 is 7.03. The first-order valence-corrected chi connectivity index (χ1v) is 9.84. The molecule has 1 saturated heterocycles. The molecule has 0 aliphatic carbocycles. The normalized spacial score (nSPS) is 16.7. The van der Waals surface area contributed by atoms with E-state index in [0.29, 0.717) is 4.91 Å². The van der Waals surface area contributed by atoms with E-state index in [2.05, 4.69) is 4.57 Å². The van der Waals surface area contributed by atoms with E-state index >= 15 is 0 Å². The Morgan fingerprint density at radius 2 is 1.89 bits per heavy atom. The molecule has 0 bridgehead atoms. The molecule has 1 fully saturated rings. The van der Waals surface area contributed by atoms with E-state index in [0.717, 1.165) is 39.3 Å². The van der Waals surface area contributed by atoms with Crippen LogP contribution in [-0.4, -0.2) is 39.2 Å². The van der Waals surface area contributed by atoms with Crippen molar-refractivity contribution in [3.63, 3.8) is 0 Å². The third-order valence-corrected chi connectivity index (χ3v) is 5.49. The van der Waals surface area contributed by atoms with Gasteiger partial charge in [-0.3, -0.25) is 14.5 Å². The van der Waals surface area contributed by atoms with Crippen molar-refractivity contribution in [2.45, 2.75) is 33.7 Å². The van der Waals surface area contributed by atoms with Crippen molar-refractivity contribution < 1.29 is 19.1 Å². The number of rotatable bonds is 5. The SMILES string of the molecule is CCOC(=O)[C@H](C)N1C(=O)S/C(=C\c2cc(C)n(-c3ccccc3)c2C)C1=O. The average Bonchev–Trinajstić information content (AvgIpc) is 3.10. The largest absolute Gasteiger partial charge is 0.464 e. The van der Waals surface area contributed by atoms with Gasteiger partial charge in [0.15, 0.2) is 0 Å². The topological polar surface area (TPSA) is 68.6 Å². The van der Waals surface area contributed by atoms with Gasteiger partial charge in [0.1, 0.15) is 6.04 Å². The second kappa shape index (κ2) is 8.06. The van der Waals surface area contributed by atoms with Gasteiger partial charge in [-0.05, 0) is 69.3 Å². The van der Waals surface area contributed by atoms with E-state index in [1.165, 1.54) is 6.92 Å². The van der Waals surface area contributed by atoms with Crippen LogP contribution in [0.15, 0.2) is 41.3 Å². The van der Waals surface area contributed by atoms with Gasteiger partial charge in [0.05, 0.1) is 11.5 Å². The molecule has 0 unspecified atom stereocenters. The van der Waals surface area contributed by atoms with E-state index in [4.69, 9.17) is 4.74 Å². The first-order valence-electron chi connectivity index (χ1n) is 9.03. The molecular formula is C21H22N2O4S. The minimum atomic E-state index is -0.949. The predicted molar refractivity (Wildman–Crippen MR) is 109 cm³/mol. The van der Waals surface area contributed by atoms with Gasteiger partial charge in [-0.25, -0.2) is 4.79 Å². The molecule has 2 aromatic rings. The van der Waals surface area contributed by atoms with Gasteiger partial charge in [0.25, 0.3) is 11.1 Å². The highest BCUT2D eigenvalue weighted by Gasteiger charge is 2.41. The van der Waals surface area contributed by atoms with E-state index in [9.17, 15) is 14.4 Å². The summed E-state index contributed by atoms with van der Waals surface area (Å²) in [6, 6.07) is 10.9. The van der Waals surface area contributed by atoms with Crippen molar-refractivity contribution >= 4 is 35.0 Å². The van der Waals surface area contributed by atoms with Gasteiger partial charge in [0, 0.05) is 17.1 Å². The summed E-state index contributed by atoms with van der Waals surface area (Å²) in [6.45, 7) is 7.34. The minimum absolute atomic E-state index is 0.195. The smallest absolute Gasteiger partial charge is 0.329 e. The standard InChI is InChI=1S/C21H22N2O4S/c1-5-27-20(25)15(4)23-19(24)18(28-21(23)26)12-16-11-13(2)22(14(16)3)17-9-7-6-8-10-17/h6-12,15H,5H2,1-4H3/b18-12-/t15-/m0/s1. The minimum Gasteiger partial charge on any atom is -0.464 e. The highest BCUT2D eigenvalue weighted by molar-refractivity contribution is 8.18. The lowest BCUT2D eigenvalue weighted by Gasteiger charge is -2.19. The summed E-state index contributed by atoms with van der Waals surface area (Å²) in [5.41, 5.74) is 3.87. The molecule has 28 heavy (non-hydrogen) atoms. The van der Waals surface area contributed by atoms with Crippen molar-refractivity contribution in [3.8, 4) is 5.69 Å². The van der Waals surface area contributed by atoms with Crippen molar-refractivity contribution in [3.05, 3.63) is 58.3 Å². The first kappa shape index (κ1) is 19.9. The van der Waals surface area contributed by atoms with Crippen LogP contribution in [0.5, 0.6) is 0 Å². The molecule has 0 spiro atoms. The van der Waals surface area contributed by atoms with Crippen LogP contribution in [0.3, 0.4) is 0 Å². The lowest BCUT2D eigenvalue weighted by molar-refractivity contribution is -0.150. The number of hydrogen-bond donors (Lipinski definition) is 0. The molecule has 0 saturated carbocycles. The molecule has 0 radical (unpaired) electrons. The number of amides is 2. The lowest BCUT2D eigenvalue weighted by Crippen LogP contribution is -2.42. The summed E-state index contributed by atoms with van der Waals surface area (Å²) >= 11 is 0.842. The molecule has 1 aromatic carbocycles. The number of hydrogen-bond acceptors (Lipinski definition) is 5. The van der Waals surface area contributed by atoms with Gasteiger partial charge in [-0.15, -0.1) is 0 Å². The zero-order valence-electron chi connectivity index (χ0n) is 16.3. The number of nitrogens with zero attached hydrogens (tertiary/aromatic N) is 2. The number of imide groups is 1. The zero-order valence-corrected chi connectivity index (χ0v) is 17.1. The molecule has 0 N–H and O–H groups in total. The van der Waals surface area contributed by atoms with Crippen LogP contribution in [-0.2, 0) is 14.3 Å². The Kier molecular flexibility index (Phi) is 5.74. The fraction of sp³-hybridized carbons (Fsp3) is 0.286. The molecule has 1 atom stereocenters. The van der Waals surface area contributed by atoms with Gasteiger partial charge >= 0.3 is 5.97 Å². The Hall–Kier alpha value is -2.80. The molecule has 1 aliphatic rings. The Morgan fingerprint density at radius 3 is 2.54 bits per heavy atom. The maximum absolute atomic E-state index is 12.7. The van der Waals surface area contributed by atoms with Gasteiger partial charge in [0.2, 0.25) is 0 Å². The molecule has 2 amide bonds. The van der Waals surface area contributed by atoms with Crippen molar-refractivity contribution in [2.24, 2.45) is 0 Å². The van der Waals surface area contributed by atoms with Crippen LogP contribution in [0.2, 0.25) is 0 Å². The Labute approximate surface area is 168 Å². The van der Waals surface area contributed by atoms with Crippen LogP contribution in [0.25, 0.3) is 11.8 Å². The molecule has 2 heterocycles. The van der Waals surface area contributed by atoms with Crippen molar-refractivity contribution in [1.29, 1.82) is 0 Å². The highest BCUT2D eigenvalue weighted by Crippen LogP contribution is 2.35. The second-order valence-electron chi connectivity index (χ2n) is 6.48. The number of carbonyl (C=O) groups excluding carboxylic acids is 3. The van der Waals surface area contributed by atoms with Crippen LogP contribution in [0.4, 0.5) is 4.79 Å². The number of esters is 1. The van der Waals surface area contributed by atoms with Crippen LogP contribution < -0.4 is 0 Å². The molecule has 1 aromatic heterocycles. The maximum Gasteiger partial charge on any atom is 0.329 e. The second-order valence-corrected chi connectivity index (χ2v) is 7.47. The van der Waals surface area contributed by atoms with Gasteiger partial charge in [-0.1, -0.05) is 18.2 Å². The van der Waals surface area contributed by atoms with Gasteiger partial charge < -0.3 is 9.30 Å². The van der Waals surface area contributed by atoms with Crippen LogP contribution >= 0.6 is 11.8 Å². The van der Waals surface area contributed by atoms with E-state index in [1.807, 2.05) is 50.2 Å². The lowest BCUT2D eigenvalue weighted by atomic mass is 10.2. The van der Waals surface area contributed by atoms with Crippen LogP contribution in [0, 0.1) is 13.8 Å². The van der Waals surface area contributed by atoms with Crippen molar-refractivity contribution in [1.82, 2.24) is 9.47 Å². The summed E-state index contributed by atoms with van der Waals surface area (Å²) in [4.78, 5) is 38.3. The van der Waals surface area contributed by atoms with Gasteiger partial charge in [-0.2, -0.15) is 0 Å². The summed E-state index contributed by atoms with van der Waals surface area (Å²) in [5.74, 6) is -1.06. The molecular weight excluding hydrogens is 376 g/mol. The number of carbonyl (C=O) groups is 3. The Bertz CT molecular complexity index is 962. The Balaban J connectivity index is 1.92. The summed E-state index contributed by atoms with van der Waals surface area (Å²) in [5, 5.41) is -0.464.